The highest BCUT2D eigenvalue weighted by Crippen LogP contribution is 2.07. The highest BCUT2D eigenvalue weighted by Gasteiger charge is 2.15. The van der Waals surface area contributed by atoms with Crippen LogP contribution in [-0.4, -0.2) is 44.8 Å². The SMILES string of the molecule is CCNC(=NCC(C)(C)OC)NCCCNc1ccccc1.I. The molecule has 0 saturated carbocycles. The van der Waals surface area contributed by atoms with Crippen LogP contribution >= 0.6 is 24.0 Å². The third-order valence-electron chi connectivity index (χ3n) is 3.26. The highest BCUT2D eigenvalue weighted by molar-refractivity contribution is 14.0. The fraction of sp³-hybridized carbons (Fsp3) is 0.588. The first kappa shape index (κ1) is 22.0. The fourth-order valence-electron chi connectivity index (χ4n) is 1.76. The van der Waals surface area contributed by atoms with Crippen molar-refractivity contribution in [1.29, 1.82) is 0 Å². The first-order chi connectivity index (χ1) is 10.6. The van der Waals surface area contributed by atoms with E-state index >= 15 is 0 Å². The molecule has 0 saturated heterocycles. The molecular weight excluding hydrogens is 403 g/mol. The molecule has 0 amide bonds. The average Bonchev–Trinajstić information content (AvgIpc) is 2.53. The quantitative estimate of drug-likeness (QED) is 0.242. The minimum Gasteiger partial charge on any atom is -0.385 e. The van der Waals surface area contributed by atoms with Crippen LogP contribution in [0.4, 0.5) is 5.69 Å². The number of rotatable bonds is 9. The molecule has 0 atom stereocenters. The number of hydrogen-bond acceptors (Lipinski definition) is 3. The van der Waals surface area contributed by atoms with Gasteiger partial charge >= 0.3 is 0 Å². The van der Waals surface area contributed by atoms with E-state index in [0.717, 1.165) is 37.7 Å². The van der Waals surface area contributed by atoms with Crippen LogP contribution in [0.5, 0.6) is 0 Å². The topological polar surface area (TPSA) is 57.7 Å². The number of methoxy groups -OCH3 is 1. The molecule has 3 N–H and O–H groups in total. The molecule has 0 bridgehead atoms. The summed E-state index contributed by atoms with van der Waals surface area (Å²) in [4.78, 5) is 4.56. The van der Waals surface area contributed by atoms with Crippen molar-refractivity contribution in [1.82, 2.24) is 10.6 Å². The Hall–Kier alpha value is -1.02. The number of halogens is 1. The van der Waals surface area contributed by atoms with Crippen molar-refractivity contribution in [2.24, 2.45) is 4.99 Å². The van der Waals surface area contributed by atoms with E-state index in [-0.39, 0.29) is 29.6 Å². The van der Waals surface area contributed by atoms with E-state index in [9.17, 15) is 0 Å². The number of para-hydroxylation sites is 1. The van der Waals surface area contributed by atoms with Crippen molar-refractivity contribution in [3.63, 3.8) is 0 Å². The van der Waals surface area contributed by atoms with Crippen molar-refractivity contribution < 1.29 is 4.74 Å². The van der Waals surface area contributed by atoms with Crippen molar-refractivity contribution >= 4 is 35.6 Å². The first-order valence-electron chi connectivity index (χ1n) is 7.93. The van der Waals surface area contributed by atoms with Crippen molar-refractivity contribution in [3.05, 3.63) is 30.3 Å². The third kappa shape index (κ3) is 10.4. The molecule has 0 unspecified atom stereocenters. The highest BCUT2D eigenvalue weighted by atomic mass is 127. The van der Waals surface area contributed by atoms with Crippen molar-refractivity contribution in [2.45, 2.75) is 32.8 Å². The summed E-state index contributed by atoms with van der Waals surface area (Å²) in [5.74, 6) is 0.840. The normalized spacial score (nSPS) is 11.6. The van der Waals surface area contributed by atoms with Gasteiger partial charge in [-0.1, -0.05) is 18.2 Å². The maximum Gasteiger partial charge on any atom is 0.191 e. The van der Waals surface area contributed by atoms with Crippen molar-refractivity contribution in [3.8, 4) is 0 Å². The number of aliphatic imine (C=N–C) groups is 1. The first-order valence-corrected chi connectivity index (χ1v) is 7.93. The lowest BCUT2D eigenvalue weighted by atomic mass is 10.1. The Morgan fingerprint density at radius 2 is 1.83 bits per heavy atom. The predicted molar refractivity (Wildman–Crippen MR) is 110 cm³/mol. The molecule has 0 spiro atoms. The van der Waals surface area contributed by atoms with Crippen LogP contribution in [0.25, 0.3) is 0 Å². The molecule has 132 valence electrons. The standard InChI is InChI=1S/C17H30N4O.HI/c1-5-18-16(21-14-17(2,3)22-4)20-13-9-12-19-15-10-7-6-8-11-15;/h6-8,10-11,19H,5,9,12-14H2,1-4H3,(H2,18,20,21);1H. The van der Waals surface area contributed by atoms with Crippen LogP contribution in [0.15, 0.2) is 35.3 Å². The van der Waals surface area contributed by atoms with Gasteiger partial charge in [0, 0.05) is 32.4 Å². The van der Waals surface area contributed by atoms with Gasteiger partial charge in [-0.3, -0.25) is 4.99 Å². The molecule has 0 aliphatic heterocycles. The maximum atomic E-state index is 5.39. The van der Waals surface area contributed by atoms with Gasteiger partial charge in [0.1, 0.15) is 0 Å². The number of guanidine groups is 1. The van der Waals surface area contributed by atoms with Gasteiger partial charge in [0.25, 0.3) is 0 Å². The molecule has 23 heavy (non-hydrogen) atoms. The molecule has 0 aliphatic carbocycles. The van der Waals surface area contributed by atoms with Crippen LogP contribution in [0.1, 0.15) is 27.2 Å². The minimum atomic E-state index is -0.239. The zero-order valence-electron chi connectivity index (χ0n) is 14.7. The molecule has 6 heteroatoms. The summed E-state index contributed by atoms with van der Waals surface area (Å²) in [6.45, 7) is 9.41. The number of nitrogens with zero attached hydrogens (tertiary/aromatic N) is 1. The van der Waals surface area contributed by atoms with Gasteiger partial charge in [-0.15, -0.1) is 24.0 Å². The second-order valence-corrected chi connectivity index (χ2v) is 5.73. The number of benzene rings is 1. The van der Waals surface area contributed by atoms with Crippen LogP contribution in [0.2, 0.25) is 0 Å². The van der Waals surface area contributed by atoms with Gasteiger partial charge < -0.3 is 20.7 Å². The molecule has 1 rings (SSSR count). The van der Waals surface area contributed by atoms with Gasteiger partial charge in [0.15, 0.2) is 5.96 Å². The van der Waals surface area contributed by atoms with Gasteiger partial charge in [0.05, 0.1) is 12.1 Å². The lowest BCUT2D eigenvalue weighted by molar-refractivity contribution is 0.0310. The Morgan fingerprint density at radius 1 is 1.13 bits per heavy atom. The molecule has 1 aromatic carbocycles. The molecule has 0 radical (unpaired) electrons. The zero-order chi connectivity index (χ0) is 16.3. The van der Waals surface area contributed by atoms with Gasteiger partial charge in [-0.05, 0) is 39.3 Å². The number of hydrogen-bond donors (Lipinski definition) is 3. The largest absolute Gasteiger partial charge is 0.385 e. The van der Waals surface area contributed by atoms with Gasteiger partial charge in [-0.25, -0.2) is 0 Å². The van der Waals surface area contributed by atoms with Crippen LogP contribution in [0.3, 0.4) is 0 Å². The molecule has 5 nitrogen and oxygen atoms in total. The van der Waals surface area contributed by atoms with E-state index in [4.69, 9.17) is 4.74 Å². The zero-order valence-corrected chi connectivity index (χ0v) is 17.0. The van der Waals surface area contributed by atoms with E-state index in [1.54, 1.807) is 7.11 Å². The number of anilines is 1. The van der Waals surface area contributed by atoms with Gasteiger partial charge in [0.2, 0.25) is 0 Å². The Balaban J connectivity index is 0.00000484. The Bertz CT molecular complexity index is 437. The predicted octanol–water partition coefficient (Wildman–Crippen LogP) is 3.09. The number of nitrogens with one attached hydrogen (secondary N) is 3. The molecule has 1 aromatic rings. The maximum absolute atomic E-state index is 5.39. The Morgan fingerprint density at radius 3 is 2.43 bits per heavy atom. The summed E-state index contributed by atoms with van der Waals surface area (Å²) in [7, 11) is 1.71. The lowest BCUT2D eigenvalue weighted by Gasteiger charge is -2.21. The summed E-state index contributed by atoms with van der Waals surface area (Å²) < 4.78 is 5.39. The molecule has 0 heterocycles. The van der Waals surface area contributed by atoms with Crippen LogP contribution in [-0.2, 0) is 4.74 Å². The third-order valence-corrected chi connectivity index (χ3v) is 3.26. The summed E-state index contributed by atoms with van der Waals surface area (Å²) in [5, 5.41) is 9.99. The molecule has 0 fully saturated rings. The molecule has 0 aliphatic rings. The van der Waals surface area contributed by atoms with E-state index < -0.39 is 0 Å². The van der Waals surface area contributed by atoms with Crippen LogP contribution in [0, 0.1) is 0 Å². The summed E-state index contributed by atoms with van der Waals surface area (Å²) in [6, 6.07) is 10.2. The molecule has 0 aromatic heterocycles. The average molecular weight is 434 g/mol. The summed E-state index contributed by atoms with van der Waals surface area (Å²) in [5.41, 5.74) is 0.918. The minimum absolute atomic E-state index is 0. The Labute approximate surface area is 157 Å². The smallest absolute Gasteiger partial charge is 0.191 e. The van der Waals surface area contributed by atoms with Crippen LogP contribution < -0.4 is 16.0 Å². The van der Waals surface area contributed by atoms with E-state index in [0.29, 0.717) is 6.54 Å². The van der Waals surface area contributed by atoms with Crippen molar-refractivity contribution in [2.75, 3.05) is 38.6 Å². The second-order valence-electron chi connectivity index (χ2n) is 5.73. The summed E-state index contributed by atoms with van der Waals surface area (Å²) >= 11 is 0. The van der Waals surface area contributed by atoms with E-state index in [1.165, 1.54) is 0 Å². The monoisotopic (exact) mass is 434 g/mol. The summed E-state index contributed by atoms with van der Waals surface area (Å²) in [6.07, 6.45) is 1.02. The van der Waals surface area contributed by atoms with E-state index in [2.05, 4.69) is 40.0 Å². The number of ether oxygens (including phenoxy) is 1. The van der Waals surface area contributed by atoms with E-state index in [1.807, 2.05) is 32.0 Å². The lowest BCUT2D eigenvalue weighted by Crippen LogP contribution is -2.39. The second kappa shape index (κ2) is 12.4. The van der Waals surface area contributed by atoms with Gasteiger partial charge in [-0.2, -0.15) is 0 Å². The molecular formula is C17H31IN4O. The Kier molecular flexibility index (Phi) is 11.9. The fourth-order valence-corrected chi connectivity index (χ4v) is 1.76.